The van der Waals surface area contributed by atoms with E-state index in [1.54, 1.807) is 0 Å². The number of benzene rings is 1. The third-order valence-electron chi connectivity index (χ3n) is 6.45. The molecule has 0 aliphatic carbocycles. The lowest BCUT2D eigenvalue weighted by Crippen LogP contribution is -2.43. The first-order valence-electron chi connectivity index (χ1n) is 11.8. The van der Waals surface area contributed by atoms with Crippen LogP contribution >= 0.6 is 0 Å². The molecule has 0 bridgehead atoms. The van der Waals surface area contributed by atoms with Crippen LogP contribution in [0.15, 0.2) is 24.3 Å². The van der Waals surface area contributed by atoms with E-state index in [1.165, 1.54) is 12.7 Å². The van der Waals surface area contributed by atoms with Gasteiger partial charge in [0.1, 0.15) is 5.75 Å². The molecule has 1 aromatic rings. The Kier molecular flexibility index (Phi) is 11.0. The highest BCUT2D eigenvalue weighted by molar-refractivity contribution is 6.74. The van der Waals surface area contributed by atoms with Crippen LogP contribution in [0.4, 0.5) is 0 Å². The molecule has 182 valence electrons. The van der Waals surface area contributed by atoms with Crippen molar-refractivity contribution in [2.45, 2.75) is 91.3 Å². The number of methoxy groups -OCH3 is 1. The summed E-state index contributed by atoms with van der Waals surface area (Å²) in [7, 11) is -0.521. The van der Waals surface area contributed by atoms with Gasteiger partial charge in [0.25, 0.3) is 0 Å². The summed E-state index contributed by atoms with van der Waals surface area (Å²) in [5.74, 6) is 1.11. The molecule has 0 amide bonds. The Hall–Kier alpha value is -1.82. The van der Waals surface area contributed by atoms with E-state index in [2.05, 4.69) is 59.8 Å². The topological polar surface area (TPSA) is 61.8 Å². The highest BCUT2D eigenvalue weighted by atomic mass is 28.4. The first-order valence-corrected chi connectivity index (χ1v) is 14.7. The summed E-state index contributed by atoms with van der Waals surface area (Å²) in [6.07, 6.45) is 2.47. The largest absolute Gasteiger partial charge is 0.543 e. The first kappa shape index (κ1) is 28.2. The fourth-order valence-electron chi connectivity index (χ4n) is 3.66. The predicted octanol–water partition coefficient (Wildman–Crippen LogP) is 6.72. The second-order valence-electron chi connectivity index (χ2n) is 10.6. The summed E-state index contributed by atoms with van der Waals surface area (Å²) < 4.78 is 16.5. The normalized spacial score (nSPS) is 14.9. The van der Waals surface area contributed by atoms with Gasteiger partial charge in [0.2, 0.25) is 8.32 Å². The van der Waals surface area contributed by atoms with Gasteiger partial charge in [-0.1, -0.05) is 46.8 Å². The van der Waals surface area contributed by atoms with Crippen molar-refractivity contribution in [3.63, 3.8) is 0 Å². The molecule has 0 fully saturated rings. The van der Waals surface area contributed by atoms with Crippen LogP contribution in [0, 0.1) is 11.8 Å². The van der Waals surface area contributed by atoms with Gasteiger partial charge in [0, 0.05) is 12.8 Å². The Morgan fingerprint density at radius 3 is 2.06 bits per heavy atom. The van der Waals surface area contributed by atoms with Gasteiger partial charge in [-0.05, 0) is 73.3 Å². The highest BCUT2D eigenvalue weighted by Gasteiger charge is 2.39. The molecule has 3 atom stereocenters. The number of ether oxygens (including phenoxy) is 2. The van der Waals surface area contributed by atoms with Crippen LogP contribution in [0.3, 0.4) is 0 Å². The van der Waals surface area contributed by atoms with Crippen LogP contribution in [0.5, 0.6) is 5.75 Å². The van der Waals surface area contributed by atoms with E-state index < -0.39 is 8.32 Å². The lowest BCUT2D eigenvalue weighted by atomic mass is 9.81. The molecule has 0 radical (unpaired) electrons. The number of rotatable bonds is 12. The van der Waals surface area contributed by atoms with Crippen molar-refractivity contribution >= 4 is 20.3 Å². The van der Waals surface area contributed by atoms with Gasteiger partial charge in [0.15, 0.2) is 0 Å². The lowest BCUT2D eigenvalue weighted by Gasteiger charge is -2.36. The molecule has 5 nitrogen and oxygen atoms in total. The molecule has 3 unspecified atom stereocenters. The molecule has 1 aromatic carbocycles. The molecule has 0 heterocycles. The second-order valence-corrected chi connectivity index (χ2v) is 15.3. The molecule has 0 aromatic heterocycles. The van der Waals surface area contributed by atoms with E-state index in [4.69, 9.17) is 13.9 Å². The van der Waals surface area contributed by atoms with E-state index in [9.17, 15) is 9.59 Å². The Labute approximate surface area is 196 Å². The number of carbonyl (C=O) groups excluding carboxylic acids is 2. The minimum absolute atomic E-state index is 0.117. The van der Waals surface area contributed by atoms with Gasteiger partial charge in [-0.3, -0.25) is 9.59 Å². The van der Waals surface area contributed by atoms with Gasteiger partial charge < -0.3 is 13.9 Å². The van der Waals surface area contributed by atoms with Crippen molar-refractivity contribution in [1.29, 1.82) is 0 Å². The van der Waals surface area contributed by atoms with Gasteiger partial charge in [-0.25, -0.2) is 0 Å². The number of carbonyl (C=O) groups is 2. The van der Waals surface area contributed by atoms with Crippen LogP contribution in [0.1, 0.15) is 78.7 Å². The number of hydrogen-bond donors (Lipinski definition) is 0. The second kappa shape index (κ2) is 12.4. The van der Waals surface area contributed by atoms with Crippen LogP contribution < -0.4 is 4.43 Å². The minimum atomic E-state index is -1.95. The Bertz CT molecular complexity index is 738. The maximum atomic E-state index is 12.0. The Balaban J connectivity index is 3.09. The molecule has 0 saturated heterocycles. The molecule has 1 rings (SSSR count). The van der Waals surface area contributed by atoms with Crippen LogP contribution in [0.25, 0.3) is 0 Å². The van der Waals surface area contributed by atoms with Crippen molar-refractivity contribution in [1.82, 2.24) is 0 Å². The average Bonchev–Trinajstić information content (AvgIpc) is 2.66. The monoisotopic (exact) mass is 464 g/mol. The third-order valence-corrected chi connectivity index (χ3v) is 10.8. The highest BCUT2D eigenvalue weighted by Crippen LogP contribution is 2.39. The maximum Gasteiger partial charge on any atom is 0.306 e. The van der Waals surface area contributed by atoms with E-state index in [0.29, 0.717) is 19.4 Å². The van der Waals surface area contributed by atoms with Gasteiger partial charge >= 0.3 is 11.9 Å². The standard InChI is InChI=1S/C26H44O5Si/c1-10-30-25(28)17-20(3)15-22(14-19(2)16-24(27)29-7)21-12-11-13-23(18-21)31-32(8,9)26(4,5)6/h11-13,18-20,22H,10,14-17H2,1-9H3. The molecule has 0 aliphatic rings. The van der Waals surface area contributed by atoms with Gasteiger partial charge in [-0.2, -0.15) is 0 Å². The van der Waals surface area contributed by atoms with Crippen LogP contribution in [-0.4, -0.2) is 34.0 Å². The van der Waals surface area contributed by atoms with E-state index in [0.717, 1.165) is 18.6 Å². The molecular formula is C26H44O5Si. The summed E-state index contributed by atoms with van der Waals surface area (Å²) in [5.41, 5.74) is 1.19. The third kappa shape index (κ3) is 9.35. The summed E-state index contributed by atoms with van der Waals surface area (Å²) in [6, 6.07) is 8.35. The smallest absolute Gasteiger partial charge is 0.306 e. The number of hydrogen-bond acceptors (Lipinski definition) is 5. The lowest BCUT2D eigenvalue weighted by molar-refractivity contribution is -0.144. The van der Waals surface area contributed by atoms with Crippen molar-refractivity contribution < 1.29 is 23.5 Å². The van der Waals surface area contributed by atoms with Gasteiger partial charge in [-0.15, -0.1) is 0 Å². The molecule has 32 heavy (non-hydrogen) atoms. The molecule has 0 spiro atoms. The van der Waals surface area contributed by atoms with E-state index >= 15 is 0 Å². The van der Waals surface area contributed by atoms with Crippen molar-refractivity contribution in [2.75, 3.05) is 13.7 Å². The predicted molar refractivity (Wildman–Crippen MR) is 132 cm³/mol. The molecule has 0 aliphatic heterocycles. The summed E-state index contributed by atoms with van der Waals surface area (Å²) in [4.78, 5) is 23.8. The zero-order valence-corrected chi connectivity index (χ0v) is 22.6. The summed E-state index contributed by atoms with van der Waals surface area (Å²) in [5, 5.41) is 0.117. The maximum absolute atomic E-state index is 12.0. The van der Waals surface area contributed by atoms with Crippen molar-refractivity contribution in [2.24, 2.45) is 11.8 Å². The summed E-state index contributed by atoms with van der Waals surface area (Å²) >= 11 is 0. The number of esters is 2. The first-order chi connectivity index (χ1) is 14.8. The quantitative estimate of drug-likeness (QED) is 0.254. The minimum Gasteiger partial charge on any atom is -0.543 e. The van der Waals surface area contributed by atoms with Crippen molar-refractivity contribution in [3.8, 4) is 5.75 Å². The van der Waals surface area contributed by atoms with Crippen molar-refractivity contribution in [3.05, 3.63) is 29.8 Å². The SMILES string of the molecule is CCOC(=O)CC(C)CC(CC(C)CC(=O)OC)c1cccc(O[Si](C)(C)C(C)(C)C)c1. The zero-order valence-electron chi connectivity index (χ0n) is 21.6. The average molecular weight is 465 g/mol. The van der Waals surface area contributed by atoms with Gasteiger partial charge in [0.05, 0.1) is 13.7 Å². The molecular weight excluding hydrogens is 420 g/mol. The molecule has 6 heteroatoms. The molecule has 0 saturated carbocycles. The van der Waals surface area contributed by atoms with E-state index in [-0.39, 0.29) is 34.7 Å². The molecule has 0 N–H and O–H groups in total. The summed E-state index contributed by atoms with van der Waals surface area (Å²) in [6.45, 7) is 17.6. The fourth-order valence-corrected chi connectivity index (χ4v) is 4.68. The Morgan fingerprint density at radius 1 is 1.00 bits per heavy atom. The fraction of sp³-hybridized carbons (Fsp3) is 0.692. The van der Waals surface area contributed by atoms with Crippen LogP contribution in [0.2, 0.25) is 18.1 Å². The van der Waals surface area contributed by atoms with E-state index in [1.807, 2.05) is 19.1 Å². The zero-order chi connectivity index (χ0) is 24.5. The Morgan fingerprint density at radius 2 is 1.56 bits per heavy atom. The van der Waals surface area contributed by atoms with Crippen LogP contribution in [-0.2, 0) is 19.1 Å².